The molecule has 2 atom stereocenters. The molecule has 1 aliphatic rings. The highest BCUT2D eigenvalue weighted by atomic mass is 19.4. The smallest absolute Gasteiger partial charge is 0.416 e. The highest BCUT2D eigenvalue weighted by molar-refractivity contribution is 5.80. The molecule has 1 aliphatic heterocycles. The van der Waals surface area contributed by atoms with Gasteiger partial charge < -0.3 is 9.64 Å². The van der Waals surface area contributed by atoms with E-state index >= 15 is 0 Å². The third-order valence-corrected chi connectivity index (χ3v) is 7.21. The van der Waals surface area contributed by atoms with Gasteiger partial charge in [-0.15, -0.1) is 0 Å². The minimum absolute atomic E-state index is 0.0283. The lowest BCUT2D eigenvalue weighted by Crippen LogP contribution is -2.36. The summed E-state index contributed by atoms with van der Waals surface area (Å²) in [6.07, 6.45) is -1.70. The molecule has 204 valence electrons. The van der Waals surface area contributed by atoms with Gasteiger partial charge in [0.05, 0.1) is 18.1 Å². The Morgan fingerprint density at radius 3 is 2.35 bits per heavy atom. The van der Waals surface area contributed by atoms with Crippen LogP contribution in [-0.4, -0.2) is 37.1 Å². The Bertz CT molecular complexity index is 1020. The average molecular weight is 518 g/mol. The number of benzene rings is 2. The molecule has 1 saturated heterocycles. The van der Waals surface area contributed by atoms with E-state index in [0.717, 1.165) is 37.1 Å². The summed E-state index contributed by atoms with van der Waals surface area (Å²) in [6.45, 7) is 12.4. The van der Waals surface area contributed by atoms with Gasteiger partial charge in [0.1, 0.15) is 0 Å². The second kappa shape index (κ2) is 12.9. The van der Waals surface area contributed by atoms with Crippen LogP contribution in [0.1, 0.15) is 88.8 Å². The van der Waals surface area contributed by atoms with Crippen LogP contribution in [0.15, 0.2) is 42.5 Å². The molecule has 3 rings (SSSR count). The van der Waals surface area contributed by atoms with Crippen LogP contribution in [0.4, 0.5) is 13.2 Å². The van der Waals surface area contributed by atoms with E-state index in [1.165, 1.54) is 0 Å². The molecule has 2 aromatic carbocycles. The molecule has 37 heavy (non-hydrogen) atoms. The Morgan fingerprint density at radius 1 is 1.05 bits per heavy atom. The number of halogens is 3. The van der Waals surface area contributed by atoms with Crippen molar-refractivity contribution in [3.63, 3.8) is 0 Å². The quantitative estimate of drug-likeness (QED) is 0.297. The monoisotopic (exact) mass is 517 g/mol. The molecule has 2 aromatic rings. The molecule has 1 heterocycles. The van der Waals surface area contributed by atoms with Gasteiger partial charge in [0.25, 0.3) is 0 Å². The first-order valence-corrected chi connectivity index (χ1v) is 13.7. The summed E-state index contributed by atoms with van der Waals surface area (Å²) in [5, 5.41) is 0. The molecule has 0 saturated carbocycles. The molecular formula is C31H42F3NO2. The highest BCUT2D eigenvalue weighted by Crippen LogP contribution is 2.46. The average Bonchev–Trinajstić information content (AvgIpc) is 2.85. The summed E-state index contributed by atoms with van der Waals surface area (Å²) < 4.78 is 50.1. The largest absolute Gasteiger partial charge is 0.466 e. The van der Waals surface area contributed by atoms with Crippen molar-refractivity contribution in [3.05, 3.63) is 59.2 Å². The van der Waals surface area contributed by atoms with Gasteiger partial charge in [0.2, 0.25) is 0 Å². The second-order valence-corrected chi connectivity index (χ2v) is 11.1. The number of hydrogen-bond donors (Lipinski definition) is 0. The summed E-state index contributed by atoms with van der Waals surface area (Å²) in [5.74, 6) is -1.23. The number of carbonyl (C=O) groups excluding carboxylic acids is 1. The predicted octanol–water partition coefficient (Wildman–Crippen LogP) is 8.29. The summed E-state index contributed by atoms with van der Waals surface area (Å²) in [6, 6.07) is 12.8. The maximum Gasteiger partial charge on any atom is 0.416 e. The molecular weight excluding hydrogens is 475 g/mol. The number of rotatable bonds is 10. The van der Waals surface area contributed by atoms with Crippen molar-refractivity contribution < 1.29 is 22.7 Å². The molecule has 3 nitrogen and oxygen atoms in total. The van der Waals surface area contributed by atoms with Gasteiger partial charge in [-0.1, -0.05) is 64.1 Å². The highest BCUT2D eigenvalue weighted by Gasteiger charge is 2.42. The molecule has 0 radical (unpaired) electrons. The Morgan fingerprint density at radius 2 is 1.76 bits per heavy atom. The van der Waals surface area contributed by atoms with E-state index in [1.54, 1.807) is 19.1 Å². The minimum Gasteiger partial charge on any atom is -0.466 e. The lowest BCUT2D eigenvalue weighted by atomic mass is 9.78. The van der Waals surface area contributed by atoms with Crippen LogP contribution in [0.3, 0.4) is 0 Å². The van der Waals surface area contributed by atoms with E-state index in [2.05, 4.69) is 18.7 Å². The zero-order valence-electron chi connectivity index (χ0n) is 22.9. The molecule has 0 bridgehead atoms. The second-order valence-electron chi connectivity index (χ2n) is 11.1. The van der Waals surface area contributed by atoms with Crippen molar-refractivity contribution in [3.8, 4) is 11.1 Å². The van der Waals surface area contributed by atoms with Crippen molar-refractivity contribution in [2.24, 2.45) is 11.8 Å². The zero-order chi connectivity index (χ0) is 27.2. The number of likely N-dealkylation sites (tertiary alicyclic amines) is 1. The molecule has 0 aliphatic carbocycles. The Balaban J connectivity index is 2.21. The Labute approximate surface area is 220 Å². The number of esters is 1. The fourth-order valence-electron chi connectivity index (χ4n) is 5.43. The van der Waals surface area contributed by atoms with Crippen LogP contribution in [-0.2, 0) is 15.7 Å². The molecule has 0 aromatic heterocycles. The number of carbonyl (C=O) groups is 1. The number of ether oxygens (including phenoxy) is 1. The minimum atomic E-state index is -4.58. The van der Waals surface area contributed by atoms with E-state index in [9.17, 15) is 18.0 Å². The number of hydrogen-bond acceptors (Lipinski definition) is 3. The van der Waals surface area contributed by atoms with E-state index < -0.39 is 23.6 Å². The van der Waals surface area contributed by atoms with E-state index in [0.29, 0.717) is 30.9 Å². The van der Waals surface area contributed by atoms with Crippen LogP contribution in [0.5, 0.6) is 0 Å². The molecule has 0 spiro atoms. The molecule has 1 fully saturated rings. The lowest BCUT2D eigenvalue weighted by molar-refractivity contribution is -0.146. The lowest BCUT2D eigenvalue weighted by Gasteiger charge is -2.35. The number of alkyl halides is 3. The summed E-state index contributed by atoms with van der Waals surface area (Å²) in [5.41, 5.74) is 1.29. The van der Waals surface area contributed by atoms with Crippen molar-refractivity contribution in [2.45, 2.75) is 78.3 Å². The summed E-state index contributed by atoms with van der Waals surface area (Å²) in [4.78, 5) is 15.4. The van der Waals surface area contributed by atoms with E-state index in [1.807, 2.05) is 44.2 Å². The van der Waals surface area contributed by atoms with Crippen LogP contribution in [0.2, 0.25) is 0 Å². The Hall–Kier alpha value is -2.34. The van der Waals surface area contributed by atoms with Gasteiger partial charge in [-0.2, -0.15) is 13.2 Å². The first-order chi connectivity index (χ1) is 17.5. The zero-order valence-corrected chi connectivity index (χ0v) is 22.9. The van der Waals surface area contributed by atoms with Crippen LogP contribution >= 0.6 is 0 Å². The fourth-order valence-corrected chi connectivity index (χ4v) is 5.43. The fraction of sp³-hybridized carbons (Fsp3) is 0.581. The van der Waals surface area contributed by atoms with Crippen LogP contribution in [0, 0.1) is 11.8 Å². The van der Waals surface area contributed by atoms with Gasteiger partial charge in [0.15, 0.2) is 0 Å². The summed E-state index contributed by atoms with van der Waals surface area (Å²) >= 11 is 0. The topological polar surface area (TPSA) is 29.5 Å². The normalized spacial score (nSPS) is 17.8. The SMILES string of the molecule is CCOC(=O)C(CC(C)C)c1cc(-c2ccccc2)cc(C2CCCN(CCC(C)C)C2)c1C(F)(F)F. The van der Waals surface area contributed by atoms with E-state index in [-0.39, 0.29) is 24.0 Å². The predicted molar refractivity (Wildman–Crippen MR) is 144 cm³/mol. The van der Waals surface area contributed by atoms with Crippen molar-refractivity contribution in [2.75, 3.05) is 26.2 Å². The van der Waals surface area contributed by atoms with Crippen LogP contribution in [0.25, 0.3) is 11.1 Å². The van der Waals surface area contributed by atoms with Gasteiger partial charge in [0, 0.05) is 6.54 Å². The first kappa shape index (κ1) is 29.2. The molecule has 2 unspecified atom stereocenters. The van der Waals surface area contributed by atoms with Gasteiger partial charge in [-0.3, -0.25) is 4.79 Å². The maximum atomic E-state index is 14.9. The third kappa shape index (κ3) is 7.83. The molecule has 0 N–H and O–H groups in total. The standard InChI is InChI=1S/C31H42F3NO2/c1-6-37-30(36)28(17-22(4)5)27-19-25(23-11-8-7-9-12-23)18-26(29(27)31(32,33)34)24-13-10-15-35(20-24)16-14-21(2)3/h7-9,11-12,18-19,21-22,24,28H,6,10,13-17,20H2,1-5H3. The van der Waals surface area contributed by atoms with Crippen molar-refractivity contribution in [1.29, 1.82) is 0 Å². The Kier molecular flexibility index (Phi) is 10.2. The van der Waals surface area contributed by atoms with Gasteiger partial charge in [-0.25, -0.2) is 0 Å². The summed E-state index contributed by atoms with van der Waals surface area (Å²) in [7, 11) is 0. The van der Waals surface area contributed by atoms with Crippen LogP contribution < -0.4 is 0 Å². The van der Waals surface area contributed by atoms with Gasteiger partial charge >= 0.3 is 12.1 Å². The number of nitrogens with zero attached hydrogens (tertiary/aromatic N) is 1. The van der Waals surface area contributed by atoms with Gasteiger partial charge in [-0.05, 0) is 91.8 Å². The third-order valence-electron chi connectivity index (χ3n) is 7.21. The van der Waals surface area contributed by atoms with E-state index in [4.69, 9.17) is 4.74 Å². The first-order valence-electron chi connectivity index (χ1n) is 13.7. The molecule has 6 heteroatoms. The van der Waals surface area contributed by atoms with Crippen molar-refractivity contribution in [1.82, 2.24) is 4.90 Å². The van der Waals surface area contributed by atoms with Crippen molar-refractivity contribution >= 4 is 5.97 Å². The number of piperidine rings is 1. The molecule has 0 amide bonds. The maximum absolute atomic E-state index is 14.9.